The minimum absolute atomic E-state index is 0.0487. The van der Waals surface area contributed by atoms with Crippen LogP contribution in [0, 0.1) is 5.92 Å². The molecule has 0 aromatic heterocycles. The largest absolute Gasteiger partial charge is 0.464 e. The Morgan fingerprint density at radius 1 is 1.09 bits per heavy atom. The van der Waals surface area contributed by atoms with E-state index >= 15 is 0 Å². The molecule has 0 heterocycles. The highest BCUT2D eigenvalue weighted by Gasteiger charge is 2.17. The zero-order valence-electron chi connectivity index (χ0n) is 14.0. The van der Waals surface area contributed by atoms with Crippen LogP contribution in [0.4, 0.5) is 0 Å². The van der Waals surface area contributed by atoms with Crippen LogP contribution in [0.2, 0.25) is 0 Å². The molecule has 0 fully saturated rings. The maximum atomic E-state index is 12.1. The Labute approximate surface area is 138 Å². The van der Waals surface area contributed by atoms with Crippen molar-refractivity contribution in [2.24, 2.45) is 5.92 Å². The second-order valence-electron chi connectivity index (χ2n) is 5.85. The van der Waals surface area contributed by atoms with E-state index in [2.05, 4.69) is 13.8 Å². The van der Waals surface area contributed by atoms with Crippen LogP contribution in [0.25, 0.3) is 0 Å². The molecular formula is C17H26O5S. The third-order valence-corrected chi connectivity index (χ3v) is 5.12. The molecule has 0 N–H and O–H groups in total. The van der Waals surface area contributed by atoms with Gasteiger partial charge in [-0.2, -0.15) is 0 Å². The van der Waals surface area contributed by atoms with Crippen LogP contribution in [-0.2, 0) is 24.1 Å². The number of carbonyl (C=O) groups is 1. The molecule has 6 heteroatoms. The zero-order valence-corrected chi connectivity index (χ0v) is 14.8. The Balaban J connectivity index is 2.27. The topological polar surface area (TPSA) is 69.7 Å². The molecule has 0 amide bonds. The standard InChI is InChI=1S/C17H26O5S/c1-14(2)10-12-21-15(3)17(18)22-11-7-13-23(19,20)16-8-5-4-6-9-16/h4-6,8-9,14-15H,7,10-13H2,1-3H3. The predicted molar refractivity (Wildman–Crippen MR) is 88.9 cm³/mol. The molecule has 0 saturated carbocycles. The van der Waals surface area contributed by atoms with E-state index in [1.165, 1.54) is 0 Å². The van der Waals surface area contributed by atoms with Crippen LogP contribution in [0.3, 0.4) is 0 Å². The number of hydrogen-bond acceptors (Lipinski definition) is 5. The van der Waals surface area contributed by atoms with Crippen LogP contribution >= 0.6 is 0 Å². The van der Waals surface area contributed by atoms with Crippen molar-refractivity contribution < 1.29 is 22.7 Å². The molecule has 1 aromatic carbocycles. The summed E-state index contributed by atoms with van der Waals surface area (Å²) in [5, 5.41) is 0. The first-order valence-electron chi connectivity index (χ1n) is 7.89. The number of esters is 1. The lowest BCUT2D eigenvalue weighted by atomic mass is 10.1. The smallest absolute Gasteiger partial charge is 0.334 e. The van der Waals surface area contributed by atoms with E-state index in [1.807, 2.05) is 0 Å². The average molecular weight is 342 g/mol. The Morgan fingerprint density at radius 2 is 1.74 bits per heavy atom. The number of hydrogen-bond donors (Lipinski definition) is 0. The Morgan fingerprint density at radius 3 is 2.35 bits per heavy atom. The molecular weight excluding hydrogens is 316 g/mol. The van der Waals surface area contributed by atoms with Gasteiger partial charge in [-0.1, -0.05) is 32.0 Å². The van der Waals surface area contributed by atoms with Crippen LogP contribution in [-0.4, -0.2) is 39.5 Å². The van der Waals surface area contributed by atoms with E-state index in [9.17, 15) is 13.2 Å². The SMILES string of the molecule is CC(C)CCOC(C)C(=O)OCCCS(=O)(=O)c1ccccc1. The highest BCUT2D eigenvalue weighted by molar-refractivity contribution is 7.91. The number of rotatable bonds is 10. The lowest BCUT2D eigenvalue weighted by Crippen LogP contribution is -2.25. The highest BCUT2D eigenvalue weighted by atomic mass is 32.2. The lowest BCUT2D eigenvalue weighted by molar-refractivity contribution is -0.156. The van der Waals surface area contributed by atoms with Crippen molar-refractivity contribution in [1.29, 1.82) is 0 Å². The predicted octanol–water partition coefficient (Wildman–Crippen LogP) is 2.84. The van der Waals surface area contributed by atoms with Gasteiger partial charge in [0.15, 0.2) is 15.9 Å². The summed E-state index contributed by atoms with van der Waals surface area (Å²) in [4.78, 5) is 12.0. The summed E-state index contributed by atoms with van der Waals surface area (Å²) in [7, 11) is -3.32. The molecule has 0 spiro atoms. The molecule has 1 rings (SSSR count). The van der Waals surface area contributed by atoms with Gasteiger partial charge in [-0.15, -0.1) is 0 Å². The molecule has 0 bridgehead atoms. The number of ether oxygens (including phenoxy) is 2. The summed E-state index contributed by atoms with van der Waals surface area (Å²) in [5.41, 5.74) is 0. The normalized spacial score (nSPS) is 13.0. The summed E-state index contributed by atoms with van der Waals surface area (Å²) >= 11 is 0. The molecule has 130 valence electrons. The van der Waals surface area contributed by atoms with Gasteiger partial charge in [-0.3, -0.25) is 0 Å². The molecule has 23 heavy (non-hydrogen) atoms. The minimum atomic E-state index is -3.32. The van der Waals surface area contributed by atoms with Gasteiger partial charge < -0.3 is 9.47 Å². The molecule has 0 aliphatic carbocycles. The second-order valence-corrected chi connectivity index (χ2v) is 7.96. The molecule has 0 aliphatic heterocycles. The number of carbonyl (C=O) groups excluding carboxylic acids is 1. The van der Waals surface area contributed by atoms with Crippen molar-refractivity contribution in [3.8, 4) is 0 Å². The van der Waals surface area contributed by atoms with Gasteiger partial charge in [0.25, 0.3) is 0 Å². The van der Waals surface area contributed by atoms with E-state index in [-0.39, 0.29) is 23.7 Å². The zero-order chi connectivity index (χ0) is 17.3. The highest BCUT2D eigenvalue weighted by Crippen LogP contribution is 2.11. The van der Waals surface area contributed by atoms with Crippen molar-refractivity contribution in [2.75, 3.05) is 19.0 Å². The van der Waals surface area contributed by atoms with E-state index < -0.39 is 21.9 Å². The van der Waals surface area contributed by atoms with Gasteiger partial charge >= 0.3 is 5.97 Å². The van der Waals surface area contributed by atoms with Crippen molar-refractivity contribution in [2.45, 2.75) is 44.6 Å². The quantitative estimate of drug-likeness (QED) is 0.483. The maximum absolute atomic E-state index is 12.1. The fourth-order valence-electron chi connectivity index (χ4n) is 1.83. The molecule has 0 radical (unpaired) electrons. The third kappa shape index (κ3) is 7.61. The van der Waals surface area contributed by atoms with E-state index in [0.29, 0.717) is 12.5 Å². The summed E-state index contributed by atoms with van der Waals surface area (Å²) in [6, 6.07) is 8.26. The minimum Gasteiger partial charge on any atom is -0.464 e. The van der Waals surface area contributed by atoms with Gasteiger partial charge in [0, 0.05) is 6.61 Å². The van der Waals surface area contributed by atoms with E-state index in [0.717, 1.165) is 6.42 Å². The van der Waals surface area contributed by atoms with Crippen LogP contribution in [0.1, 0.15) is 33.6 Å². The summed E-state index contributed by atoms with van der Waals surface area (Å²) in [5.74, 6) is 0.0136. The van der Waals surface area contributed by atoms with Crippen molar-refractivity contribution >= 4 is 15.8 Å². The van der Waals surface area contributed by atoms with E-state index in [4.69, 9.17) is 9.47 Å². The van der Waals surface area contributed by atoms with Crippen LogP contribution in [0.5, 0.6) is 0 Å². The average Bonchev–Trinajstić information content (AvgIpc) is 2.51. The monoisotopic (exact) mass is 342 g/mol. The van der Waals surface area contributed by atoms with Crippen LogP contribution in [0.15, 0.2) is 35.2 Å². The van der Waals surface area contributed by atoms with Crippen molar-refractivity contribution in [1.82, 2.24) is 0 Å². The van der Waals surface area contributed by atoms with Gasteiger partial charge in [0.1, 0.15) is 0 Å². The first kappa shape index (κ1) is 19.6. The fourth-order valence-corrected chi connectivity index (χ4v) is 3.14. The first-order chi connectivity index (χ1) is 10.8. The van der Waals surface area contributed by atoms with Gasteiger partial charge in [-0.05, 0) is 37.8 Å². The summed E-state index contributed by atoms with van der Waals surface area (Å²) in [6.07, 6.45) is 0.522. The Bertz CT molecular complexity index is 566. The number of sulfone groups is 1. The van der Waals surface area contributed by atoms with Crippen LogP contribution < -0.4 is 0 Å². The lowest BCUT2D eigenvalue weighted by Gasteiger charge is -2.13. The number of benzene rings is 1. The first-order valence-corrected chi connectivity index (χ1v) is 9.54. The third-order valence-electron chi connectivity index (χ3n) is 3.30. The Hall–Kier alpha value is -1.40. The summed E-state index contributed by atoms with van der Waals surface area (Å²) in [6.45, 7) is 6.39. The molecule has 1 unspecified atom stereocenters. The maximum Gasteiger partial charge on any atom is 0.334 e. The molecule has 1 atom stereocenters. The fraction of sp³-hybridized carbons (Fsp3) is 0.588. The van der Waals surface area contributed by atoms with Gasteiger partial charge in [0.2, 0.25) is 0 Å². The van der Waals surface area contributed by atoms with E-state index in [1.54, 1.807) is 37.3 Å². The van der Waals surface area contributed by atoms with Crippen molar-refractivity contribution in [3.63, 3.8) is 0 Å². The molecule has 0 aliphatic rings. The van der Waals surface area contributed by atoms with Gasteiger partial charge in [-0.25, -0.2) is 13.2 Å². The van der Waals surface area contributed by atoms with Gasteiger partial charge in [0.05, 0.1) is 17.3 Å². The molecule has 5 nitrogen and oxygen atoms in total. The molecule has 0 saturated heterocycles. The van der Waals surface area contributed by atoms with Crippen molar-refractivity contribution in [3.05, 3.63) is 30.3 Å². The summed E-state index contributed by atoms with van der Waals surface area (Å²) < 4.78 is 34.6. The molecule has 1 aromatic rings. The second kappa shape index (κ2) is 9.67. The Kier molecular flexibility index (Phi) is 8.26.